The van der Waals surface area contributed by atoms with E-state index < -0.39 is 0 Å². The molecule has 1 saturated heterocycles. The third-order valence-electron chi connectivity index (χ3n) is 6.32. The lowest BCUT2D eigenvalue weighted by atomic mass is 9.91. The summed E-state index contributed by atoms with van der Waals surface area (Å²) in [6.45, 7) is 3.27. The number of hydrogen-bond donors (Lipinski definition) is 0. The van der Waals surface area contributed by atoms with Crippen LogP contribution >= 0.6 is 0 Å². The normalized spacial score (nSPS) is 16.8. The molecule has 0 amide bonds. The van der Waals surface area contributed by atoms with Crippen LogP contribution in [0, 0.1) is 6.92 Å². The molecule has 0 aromatic heterocycles. The zero-order valence-corrected chi connectivity index (χ0v) is 18.5. The van der Waals surface area contributed by atoms with E-state index in [1.54, 1.807) is 12.1 Å². The van der Waals surface area contributed by atoms with Crippen LogP contribution in [0.2, 0.25) is 0 Å². The van der Waals surface area contributed by atoms with Gasteiger partial charge in [0.05, 0.1) is 5.56 Å². The van der Waals surface area contributed by atoms with Gasteiger partial charge in [0, 0.05) is 11.6 Å². The summed E-state index contributed by atoms with van der Waals surface area (Å²) in [4.78, 5) is 15.2. The van der Waals surface area contributed by atoms with Gasteiger partial charge in [-0.3, -0.25) is 0 Å². The van der Waals surface area contributed by atoms with Gasteiger partial charge in [0.2, 0.25) is 0 Å². The van der Waals surface area contributed by atoms with Crippen molar-refractivity contribution in [2.75, 3.05) is 13.6 Å². The fourth-order valence-electron chi connectivity index (χ4n) is 4.51. The third-order valence-corrected chi connectivity index (χ3v) is 6.32. The maximum atomic E-state index is 12.7. The van der Waals surface area contributed by atoms with Gasteiger partial charge < -0.3 is 9.64 Å². The van der Waals surface area contributed by atoms with Gasteiger partial charge in [0.25, 0.3) is 0 Å². The topological polar surface area (TPSA) is 29.5 Å². The van der Waals surface area contributed by atoms with E-state index in [0.717, 1.165) is 29.5 Å². The zero-order valence-electron chi connectivity index (χ0n) is 18.5. The van der Waals surface area contributed by atoms with Crippen LogP contribution in [0.3, 0.4) is 0 Å². The lowest BCUT2D eigenvalue weighted by Crippen LogP contribution is -2.36. The second kappa shape index (κ2) is 9.93. The standard InChI is InChI=1S/C28H31NO2/c1-21-15-18-27(31-28(30)23-11-4-3-5-12-23)26(20-21)25-14-7-6-10-22(25)16-17-24-13-8-9-19-29(24)2/h3-7,10-12,14-15,18,20,24H,8-9,13,16-17,19H2,1-2H3. The number of piperidine rings is 1. The molecule has 1 heterocycles. The number of hydrogen-bond acceptors (Lipinski definition) is 3. The first kappa shape index (κ1) is 21.3. The molecule has 1 fully saturated rings. The molecule has 0 spiro atoms. The Morgan fingerprint density at radius 1 is 0.968 bits per heavy atom. The van der Waals surface area contributed by atoms with Gasteiger partial charge in [-0.05, 0) is 81.6 Å². The highest BCUT2D eigenvalue weighted by Crippen LogP contribution is 2.35. The van der Waals surface area contributed by atoms with Gasteiger partial charge in [-0.2, -0.15) is 0 Å². The van der Waals surface area contributed by atoms with Gasteiger partial charge >= 0.3 is 5.97 Å². The van der Waals surface area contributed by atoms with E-state index in [0.29, 0.717) is 17.4 Å². The van der Waals surface area contributed by atoms with E-state index in [1.807, 2.05) is 30.3 Å². The first-order valence-corrected chi connectivity index (χ1v) is 11.3. The van der Waals surface area contributed by atoms with Crippen molar-refractivity contribution in [1.29, 1.82) is 0 Å². The van der Waals surface area contributed by atoms with E-state index in [4.69, 9.17) is 4.74 Å². The number of benzene rings is 3. The molecule has 0 radical (unpaired) electrons. The monoisotopic (exact) mass is 413 g/mol. The molecule has 3 heteroatoms. The Kier molecular flexibility index (Phi) is 6.83. The highest BCUT2D eigenvalue weighted by molar-refractivity contribution is 5.92. The van der Waals surface area contributed by atoms with E-state index in [-0.39, 0.29) is 5.97 Å². The zero-order chi connectivity index (χ0) is 21.6. The molecule has 1 aliphatic heterocycles. The Morgan fingerprint density at radius 2 is 1.74 bits per heavy atom. The summed E-state index contributed by atoms with van der Waals surface area (Å²) < 4.78 is 5.86. The summed E-state index contributed by atoms with van der Waals surface area (Å²) in [7, 11) is 2.25. The van der Waals surface area contributed by atoms with Crippen LogP contribution < -0.4 is 4.74 Å². The summed E-state index contributed by atoms with van der Waals surface area (Å²) >= 11 is 0. The van der Waals surface area contributed by atoms with Crippen LogP contribution in [-0.2, 0) is 6.42 Å². The van der Waals surface area contributed by atoms with E-state index in [2.05, 4.69) is 49.2 Å². The lowest BCUT2D eigenvalue weighted by Gasteiger charge is -2.32. The van der Waals surface area contributed by atoms with Crippen LogP contribution in [0.1, 0.15) is 47.2 Å². The summed E-state index contributed by atoms with van der Waals surface area (Å²) in [5.41, 5.74) is 5.15. The number of aryl methyl sites for hydroxylation is 2. The summed E-state index contributed by atoms with van der Waals surface area (Å²) in [5.74, 6) is 0.286. The molecular formula is C28H31NO2. The van der Waals surface area contributed by atoms with Gasteiger partial charge in [0.15, 0.2) is 0 Å². The molecule has 1 unspecified atom stereocenters. The van der Waals surface area contributed by atoms with Crippen LogP contribution in [0.4, 0.5) is 0 Å². The Bertz CT molecular complexity index is 1030. The lowest BCUT2D eigenvalue weighted by molar-refractivity contribution is 0.0735. The summed E-state index contributed by atoms with van der Waals surface area (Å²) in [6, 6.07) is 24.4. The summed E-state index contributed by atoms with van der Waals surface area (Å²) in [6.07, 6.45) is 6.09. The number of ether oxygens (including phenoxy) is 1. The average Bonchev–Trinajstić information content (AvgIpc) is 2.80. The minimum atomic E-state index is -0.327. The van der Waals surface area contributed by atoms with Crippen LogP contribution in [-0.4, -0.2) is 30.5 Å². The number of esters is 1. The second-order valence-electron chi connectivity index (χ2n) is 8.58. The first-order valence-electron chi connectivity index (χ1n) is 11.3. The number of nitrogens with zero attached hydrogens (tertiary/aromatic N) is 1. The number of carbonyl (C=O) groups is 1. The molecule has 0 N–H and O–H groups in total. The van der Waals surface area contributed by atoms with Crippen molar-refractivity contribution in [3.63, 3.8) is 0 Å². The van der Waals surface area contributed by atoms with Crippen LogP contribution in [0.15, 0.2) is 72.8 Å². The number of carbonyl (C=O) groups excluding carboxylic acids is 1. The number of rotatable bonds is 6. The molecule has 0 aliphatic carbocycles. The van der Waals surface area contributed by atoms with E-state index in [1.165, 1.54) is 31.4 Å². The molecule has 0 bridgehead atoms. The predicted molar refractivity (Wildman–Crippen MR) is 127 cm³/mol. The molecule has 1 atom stereocenters. The van der Waals surface area contributed by atoms with Crippen molar-refractivity contribution in [2.24, 2.45) is 0 Å². The van der Waals surface area contributed by atoms with Gasteiger partial charge in [-0.15, -0.1) is 0 Å². The third kappa shape index (κ3) is 5.23. The molecule has 3 aromatic rings. The van der Waals surface area contributed by atoms with Crippen molar-refractivity contribution in [3.05, 3.63) is 89.5 Å². The largest absolute Gasteiger partial charge is 0.422 e. The average molecular weight is 414 g/mol. The SMILES string of the molecule is Cc1ccc(OC(=O)c2ccccc2)c(-c2ccccc2CCC2CCCCN2C)c1. The Labute approximate surface area is 185 Å². The van der Waals surface area contributed by atoms with E-state index in [9.17, 15) is 4.79 Å². The highest BCUT2D eigenvalue weighted by Gasteiger charge is 2.20. The second-order valence-corrected chi connectivity index (χ2v) is 8.58. The Morgan fingerprint density at radius 3 is 2.55 bits per heavy atom. The van der Waals surface area contributed by atoms with Crippen molar-refractivity contribution in [3.8, 4) is 16.9 Å². The van der Waals surface area contributed by atoms with Crippen molar-refractivity contribution in [1.82, 2.24) is 4.90 Å². The van der Waals surface area contributed by atoms with Gasteiger partial charge in [0.1, 0.15) is 5.75 Å². The van der Waals surface area contributed by atoms with E-state index >= 15 is 0 Å². The Hall–Kier alpha value is -2.91. The van der Waals surface area contributed by atoms with Crippen molar-refractivity contribution in [2.45, 2.75) is 45.1 Å². The Balaban J connectivity index is 1.60. The quantitative estimate of drug-likeness (QED) is 0.351. The molecule has 3 nitrogen and oxygen atoms in total. The number of likely N-dealkylation sites (tertiary alicyclic amines) is 1. The molecular weight excluding hydrogens is 382 g/mol. The maximum Gasteiger partial charge on any atom is 0.343 e. The van der Waals surface area contributed by atoms with Crippen molar-refractivity contribution < 1.29 is 9.53 Å². The summed E-state index contributed by atoms with van der Waals surface area (Å²) in [5, 5.41) is 0. The predicted octanol–water partition coefficient (Wildman–Crippen LogP) is 6.30. The molecule has 31 heavy (non-hydrogen) atoms. The molecule has 3 aromatic carbocycles. The molecule has 1 aliphatic rings. The fraction of sp³-hybridized carbons (Fsp3) is 0.321. The highest BCUT2D eigenvalue weighted by atomic mass is 16.5. The fourth-order valence-corrected chi connectivity index (χ4v) is 4.51. The molecule has 0 saturated carbocycles. The maximum absolute atomic E-state index is 12.7. The molecule has 160 valence electrons. The van der Waals surface area contributed by atoms with Gasteiger partial charge in [-0.1, -0.05) is 60.5 Å². The smallest absolute Gasteiger partial charge is 0.343 e. The van der Waals surface area contributed by atoms with Crippen LogP contribution in [0.25, 0.3) is 11.1 Å². The van der Waals surface area contributed by atoms with Crippen molar-refractivity contribution >= 4 is 5.97 Å². The minimum Gasteiger partial charge on any atom is -0.422 e. The molecule has 4 rings (SSSR count). The first-order chi connectivity index (χ1) is 15.1. The van der Waals surface area contributed by atoms with Crippen LogP contribution in [0.5, 0.6) is 5.75 Å². The minimum absolute atomic E-state index is 0.327. The van der Waals surface area contributed by atoms with Gasteiger partial charge in [-0.25, -0.2) is 4.79 Å².